The summed E-state index contributed by atoms with van der Waals surface area (Å²) in [5.41, 5.74) is 3.70. The molecule has 6 heteroatoms. The van der Waals surface area contributed by atoms with Crippen molar-refractivity contribution in [2.45, 2.75) is 19.6 Å². The van der Waals surface area contributed by atoms with Gasteiger partial charge in [-0.2, -0.15) is 21.0 Å². The van der Waals surface area contributed by atoms with Gasteiger partial charge in [0.1, 0.15) is 24.3 Å². The van der Waals surface area contributed by atoms with E-state index in [0.29, 0.717) is 22.3 Å². The predicted octanol–water partition coefficient (Wildman–Crippen LogP) is 7.14. The molecule has 0 saturated carbocycles. The van der Waals surface area contributed by atoms with Gasteiger partial charge >= 0.3 is 0 Å². The fourth-order valence-corrected chi connectivity index (χ4v) is 4.97. The molecular formula is C28H14N4S2. The summed E-state index contributed by atoms with van der Waals surface area (Å²) in [6.45, 7) is 0. The van der Waals surface area contributed by atoms with E-state index < -0.39 is 0 Å². The fourth-order valence-electron chi connectivity index (χ4n) is 3.26. The van der Waals surface area contributed by atoms with E-state index in [4.69, 9.17) is 10.5 Å². The molecule has 0 aliphatic heterocycles. The Bertz CT molecular complexity index is 1410. The molecular weight excluding hydrogens is 456 g/mol. The van der Waals surface area contributed by atoms with Crippen LogP contribution >= 0.6 is 23.5 Å². The van der Waals surface area contributed by atoms with Crippen LogP contribution in [0.3, 0.4) is 0 Å². The number of rotatable bonds is 5. The molecule has 0 aliphatic rings. The first-order valence-electron chi connectivity index (χ1n) is 10.1. The highest BCUT2D eigenvalue weighted by Gasteiger charge is 2.07. The van der Waals surface area contributed by atoms with Gasteiger partial charge in [0, 0.05) is 19.6 Å². The SMILES string of the molecule is N#Cc1ccc(Sc2ccc(-c3ccc(Sc4ccc(C#N)c(C#N)c4)cc3)cc2)cc1C#N. The van der Waals surface area contributed by atoms with E-state index in [0.717, 1.165) is 30.7 Å². The van der Waals surface area contributed by atoms with Crippen molar-refractivity contribution in [2.75, 3.05) is 0 Å². The molecule has 0 aliphatic carbocycles. The number of hydrogen-bond acceptors (Lipinski definition) is 6. The summed E-state index contributed by atoms with van der Waals surface area (Å²) in [6.07, 6.45) is 0. The third-order valence-corrected chi connectivity index (χ3v) is 6.97. The van der Waals surface area contributed by atoms with Crippen molar-refractivity contribution in [2.24, 2.45) is 0 Å². The Morgan fingerprint density at radius 3 is 1.03 bits per heavy atom. The molecule has 0 N–H and O–H groups in total. The van der Waals surface area contributed by atoms with Crippen molar-refractivity contribution in [3.63, 3.8) is 0 Å². The van der Waals surface area contributed by atoms with Crippen molar-refractivity contribution in [1.82, 2.24) is 0 Å². The van der Waals surface area contributed by atoms with Gasteiger partial charge in [-0.3, -0.25) is 0 Å². The summed E-state index contributed by atoms with van der Waals surface area (Å²) in [5, 5.41) is 36.6. The van der Waals surface area contributed by atoms with Crippen LogP contribution in [0.5, 0.6) is 0 Å². The largest absolute Gasteiger partial charge is 0.192 e. The minimum absolute atomic E-state index is 0.381. The predicted molar refractivity (Wildman–Crippen MR) is 132 cm³/mol. The maximum atomic E-state index is 9.21. The van der Waals surface area contributed by atoms with Crippen molar-refractivity contribution < 1.29 is 0 Å². The molecule has 4 nitrogen and oxygen atoms in total. The number of hydrogen-bond donors (Lipinski definition) is 0. The van der Waals surface area contributed by atoms with Crippen LogP contribution in [0.2, 0.25) is 0 Å². The lowest BCUT2D eigenvalue weighted by atomic mass is 10.1. The Labute approximate surface area is 206 Å². The maximum absolute atomic E-state index is 9.21. The molecule has 4 aromatic carbocycles. The lowest BCUT2D eigenvalue weighted by molar-refractivity contribution is 1.35. The van der Waals surface area contributed by atoms with E-state index in [1.54, 1.807) is 47.8 Å². The lowest BCUT2D eigenvalue weighted by Gasteiger charge is -2.07. The van der Waals surface area contributed by atoms with Gasteiger partial charge < -0.3 is 0 Å². The molecule has 0 unspecified atom stereocenters. The second kappa shape index (κ2) is 10.4. The van der Waals surface area contributed by atoms with Crippen LogP contribution in [0.15, 0.2) is 105 Å². The van der Waals surface area contributed by atoms with Gasteiger partial charge in [-0.15, -0.1) is 0 Å². The summed E-state index contributed by atoms with van der Waals surface area (Å²) < 4.78 is 0. The summed E-state index contributed by atoms with van der Waals surface area (Å²) in [4.78, 5) is 3.90. The third-order valence-electron chi connectivity index (χ3n) is 4.98. The van der Waals surface area contributed by atoms with E-state index in [-0.39, 0.29) is 0 Å². The Morgan fingerprint density at radius 1 is 0.382 bits per heavy atom. The van der Waals surface area contributed by atoms with E-state index in [1.807, 2.05) is 48.5 Å². The molecule has 4 rings (SSSR count). The molecule has 0 amide bonds. The Balaban J connectivity index is 1.46. The molecule has 158 valence electrons. The zero-order valence-electron chi connectivity index (χ0n) is 17.7. The zero-order chi connectivity index (χ0) is 23.9. The van der Waals surface area contributed by atoms with Gasteiger partial charge in [-0.1, -0.05) is 47.8 Å². The van der Waals surface area contributed by atoms with Crippen molar-refractivity contribution in [3.05, 3.63) is 107 Å². The zero-order valence-corrected chi connectivity index (χ0v) is 19.3. The van der Waals surface area contributed by atoms with Crippen LogP contribution in [-0.4, -0.2) is 0 Å². The molecule has 0 spiro atoms. The van der Waals surface area contributed by atoms with Crippen LogP contribution < -0.4 is 0 Å². The number of benzene rings is 4. The minimum Gasteiger partial charge on any atom is -0.192 e. The average molecular weight is 471 g/mol. The van der Waals surface area contributed by atoms with Gasteiger partial charge in [-0.25, -0.2) is 0 Å². The van der Waals surface area contributed by atoms with E-state index in [2.05, 4.69) is 36.4 Å². The Morgan fingerprint density at radius 2 is 0.706 bits per heavy atom. The fraction of sp³-hybridized carbons (Fsp3) is 0. The first-order valence-corrected chi connectivity index (χ1v) is 11.7. The maximum Gasteiger partial charge on any atom is 0.101 e. The van der Waals surface area contributed by atoms with Crippen LogP contribution in [0.25, 0.3) is 11.1 Å². The first-order chi connectivity index (χ1) is 16.6. The minimum atomic E-state index is 0.381. The highest BCUT2D eigenvalue weighted by Crippen LogP contribution is 2.33. The van der Waals surface area contributed by atoms with E-state index >= 15 is 0 Å². The van der Waals surface area contributed by atoms with Gasteiger partial charge in [0.15, 0.2) is 0 Å². The van der Waals surface area contributed by atoms with Crippen LogP contribution in [0.4, 0.5) is 0 Å². The molecule has 0 fully saturated rings. The highest BCUT2D eigenvalue weighted by atomic mass is 32.2. The highest BCUT2D eigenvalue weighted by molar-refractivity contribution is 7.99. The Hall–Kier alpha value is -4.46. The van der Waals surface area contributed by atoms with Gasteiger partial charge in [0.25, 0.3) is 0 Å². The van der Waals surface area contributed by atoms with E-state index in [1.165, 1.54) is 0 Å². The third kappa shape index (κ3) is 5.12. The Kier molecular flexibility index (Phi) is 6.98. The summed E-state index contributed by atoms with van der Waals surface area (Å²) >= 11 is 3.09. The second-order valence-corrected chi connectivity index (χ2v) is 9.41. The number of nitriles is 4. The molecule has 0 radical (unpaired) electrons. The average Bonchev–Trinajstić information content (AvgIpc) is 2.89. The van der Waals surface area contributed by atoms with Gasteiger partial charge in [-0.05, 0) is 71.8 Å². The van der Waals surface area contributed by atoms with E-state index in [9.17, 15) is 10.5 Å². The summed E-state index contributed by atoms with van der Waals surface area (Å²) in [5.74, 6) is 0. The van der Waals surface area contributed by atoms with Crippen LogP contribution in [0.1, 0.15) is 22.3 Å². The lowest BCUT2D eigenvalue weighted by Crippen LogP contribution is -1.85. The van der Waals surface area contributed by atoms with Crippen LogP contribution in [-0.2, 0) is 0 Å². The normalized spacial score (nSPS) is 9.88. The molecule has 4 aromatic rings. The second-order valence-electron chi connectivity index (χ2n) is 7.11. The van der Waals surface area contributed by atoms with Gasteiger partial charge in [0.2, 0.25) is 0 Å². The molecule has 34 heavy (non-hydrogen) atoms. The molecule has 0 atom stereocenters. The smallest absolute Gasteiger partial charge is 0.101 e. The van der Waals surface area contributed by atoms with Crippen LogP contribution in [0, 0.1) is 45.3 Å². The van der Waals surface area contributed by atoms with Crippen molar-refractivity contribution in [1.29, 1.82) is 21.0 Å². The summed E-state index contributed by atoms with van der Waals surface area (Å²) in [7, 11) is 0. The first kappa shape index (κ1) is 22.7. The summed E-state index contributed by atoms with van der Waals surface area (Å²) in [6, 6.07) is 35.1. The van der Waals surface area contributed by atoms with Crippen molar-refractivity contribution >= 4 is 23.5 Å². The molecule has 0 aromatic heterocycles. The topological polar surface area (TPSA) is 95.2 Å². The molecule has 0 heterocycles. The molecule has 0 saturated heterocycles. The quantitative estimate of drug-likeness (QED) is 0.307. The standard InChI is InChI=1S/C28H14N4S2/c29-15-21-5-11-27(13-23(21)17-31)33-25-7-1-19(2-8-25)20-3-9-26(10-4-20)34-28-12-6-22(16-30)24(14-28)18-32/h1-14H. The molecule has 0 bridgehead atoms. The number of nitrogens with zero attached hydrogens (tertiary/aromatic N) is 4. The monoisotopic (exact) mass is 470 g/mol. The van der Waals surface area contributed by atoms with Crippen molar-refractivity contribution in [3.8, 4) is 35.4 Å². The van der Waals surface area contributed by atoms with Gasteiger partial charge in [0.05, 0.1) is 22.3 Å².